The minimum atomic E-state index is -0.128. The number of unbranched alkanes of at least 4 members (excludes halogenated alkanes) is 9. The second-order valence-corrected chi connectivity index (χ2v) is 8.94. The normalized spacial score (nSPS) is 12.4. The molecule has 0 aliphatic heterocycles. The summed E-state index contributed by atoms with van der Waals surface area (Å²) in [5.74, 6) is 1.81. The van der Waals surface area contributed by atoms with E-state index < -0.39 is 0 Å². The van der Waals surface area contributed by atoms with E-state index in [1.807, 2.05) is 24.3 Å². The Bertz CT molecular complexity index is 903. The lowest BCUT2D eigenvalue weighted by atomic mass is 10.1. The number of hydrogen-bond acceptors (Lipinski definition) is 2. The molecule has 1 atom stereocenters. The molecule has 0 radical (unpaired) electrons. The summed E-state index contributed by atoms with van der Waals surface area (Å²) in [6.07, 6.45) is 13.3. The van der Waals surface area contributed by atoms with Crippen LogP contribution in [-0.4, -0.2) is 9.55 Å². The van der Waals surface area contributed by atoms with Crippen LogP contribution in [0.2, 0.25) is 5.02 Å². The van der Waals surface area contributed by atoms with E-state index in [-0.39, 0.29) is 6.10 Å². The molecule has 1 unspecified atom stereocenters. The number of imidazole rings is 1. The van der Waals surface area contributed by atoms with Crippen LogP contribution in [-0.2, 0) is 6.54 Å². The zero-order valence-corrected chi connectivity index (χ0v) is 19.9. The van der Waals surface area contributed by atoms with Gasteiger partial charge in [0.15, 0.2) is 11.9 Å². The summed E-state index contributed by atoms with van der Waals surface area (Å²) in [5.41, 5.74) is 2.23. The van der Waals surface area contributed by atoms with Gasteiger partial charge in [-0.3, -0.25) is 0 Å². The third kappa shape index (κ3) is 7.28. The van der Waals surface area contributed by atoms with Gasteiger partial charge < -0.3 is 9.30 Å². The Kier molecular flexibility index (Phi) is 9.74. The van der Waals surface area contributed by atoms with Gasteiger partial charge in [0, 0.05) is 11.6 Å². The summed E-state index contributed by atoms with van der Waals surface area (Å²) in [7, 11) is 0. The quantitative estimate of drug-likeness (QED) is 0.234. The number of aryl methyl sites for hydroxylation is 1. The maximum Gasteiger partial charge on any atom is 0.153 e. The topological polar surface area (TPSA) is 27.1 Å². The highest BCUT2D eigenvalue weighted by molar-refractivity contribution is 6.30. The standard InChI is InChI=1S/C27H37ClN2O/c1-3-4-5-6-7-8-9-10-11-14-21-30-26-16-13-12-15-25(26)29-27(30)22(2)31-24-19-17-23(28)18-20-24/h12-13,15-20,22H,3-11,14,21H2,1-2H3. The molecule has 0 spiro atoms. The molecule has 3 nitrogen and oxygen atoms in total. The van der Waals surface area contributed by atoms with Crippen LogP contribution in [0.25, 0.3) is 11.0 Å². The predicted octanol–water partition coefficient (Wildman–Crippen LogP) is 8.75. The fraction of sp³-hybridized carbons (Fsp3) is 0.519. The van der Waals surface area contributed by atoms with Crippen LogP contribution >= 0.6 is 11.6 Å². The number of aromatic nitrogens is 2. The van der Waals surface area contributed by atoms with Crippen LogP contribution in [0, 0.1) is 0 Å². The Morgan fingerprint density at radius 3 is 2.13 bits per heavy atom. The van der Waals surface area contributed by atoms with Crippen LogP contribution < -0.4 is 4.74 Å². The molecule has 168 valence electrons. The molecular weight excluding hydrogens is 404 g/mol. The van der Waals surface area contributed by atoms with Gasteiger partial charge in [-0.2, -0.15) is 0 Å². The molecule has 3 rings (SSSR count). The minimum Gasteiger partial charge on any atom is -0.483 e. The highest BCUT2D eigenvalue weighted by atomic mass is 35.5. The van der Waals surface area contributed by atoms with Crippen molar-refractivity contribution in [1.29, 1.82) is 0 Å². The molecule has 0 amide bonds. The maximum atomic E-state index is 6.18. The predicted molar refractivity (Wildman–Crippen MR) is 132 cm³/mol. The van der Waals surface area contributed by atoms with E-state index in [9.17, 15) is 0 Å². The van der Waals surface area contributed by atoms with E-state index in [0.29, 0.717) is 5.02 Å². The summed E-state index contributed by atoms with van der Waals surface area (Å²) in [5, 5.41) is 0.716. The smallest absolute Gasteiger partial charge is 0.153 e. The largest absolute Gasteiger partial charge is 0.483 e. The third-order valence-corrected chi connectivity index (χ3v) is 6.16. The first kappa shape index (κ1) is 23.7. The summed E-state index contributed by atoms with van der Waals surface area (Å²) < 4.78 is 8.53. The Hall–Kier alpha value is -2.00. The Labute approximate surface area is 192 Å². The van der Waals surface area contributed by atoms with Crippen molar-refractivity contribution in [3.8, 4) is 5.75 Å². The van der Waals surface area contributed by atoms with E-state index in [2.05, 4.69) is 42.7 Å². The molecule has 3 aromatic rings. The van der Waals surface area contributed by atoms with E-state index in [1.54, 1.807) is 0 Å². The molecule has 0 saturated heterocycles. The molecule has 2 aromatic carbocycles. The summed E-state index contributed by atoms with van der Waals surface area (Å²) in [6.45, 7) is 5.34. The van der Waals surface area contributed by atoms with Gasteiger partial charge in [-0.05, 0) is 49.7 Å². The summed E-state index contributed by atoms with van der Waals surface area (Å²) >= 11 is 6.00. The third-order valence-electron chi connectivity index (χ3n) is 5.91. The van der Waals surface area contributed by atoms with Crippen LogP contribution in [0.4, 0.5) is 0 Å². The average Bonchev–Trinajstić information content (AvgIpc) is 3.15. The minimum absolute atomic E-state index is 0.128. The SMILES string of the molecule is CCCCCCCCCCCCn1c(C(C)Oc2ccc(Cl)cc2)nc2ccccc21. The fourth-order valence-electron chi connectivity index (χ4n) is 4.17. The second-order valence-electron chi connectivity index (χ2n) is 8.51. The number of hydrogen-bond donors (Lipinski definition) is 0. The monoisotopic (exact) mass is 440 g/mol. The molecule has 0 bridgehead atoms. The zero-order chi connectivity index (χ0) is 21.9. The van der Waals surface area contributed by atoms with Crippen LogP contribution in [0.5, 0.6) is 5.75 Å². The molecule has 1 aromatic heterocycles. The second kappa shape index (κ2) is 12.8. The first-order valence-electron chi connectivity index (χ1n) is 12.1. The van der Waals surface area contributed by atoms with Crippen molar-refractivity contribution in [2.75, 3.05) is 0 Å². The van der Waals surface area contributed by atoms with E-state index in [0.717, 1.165) is 23.6 Å². The van der Waals surface area contributed by atoms with Crippen molar-refractivity contribution in [3.05, 3.63) is 59.4 Å². The van der Waals surface area contributed by atoms with Gasteiger partial charge in [-0.25, -0.2) is 4.98 Å². The molecule has 1 heterocycles. The highest BCUT2D eigenvalue weighted by Gasteiger charge is 2.18. The first-order chi connectivity index (χ1) is 15.2. The van der Waals surface area contributed by atoms with Crippen molar-refractivity contribution in [2.45, 2.75) is 90.7 Å². The maximum absolute atomic E-state index is 6.18. The first-order valence-corrected chi connectivity index (χ1v) is 12.4. The molecule has 0 N–H and O–H groups in total. The lowest BCUT2D eigenvalue weighted by Gasteiger charge is -2.17. The highest BCUT2D eigenvalue weighted by Crippen LogP contribution is 2.26. The lowest BCUT2D eigenvalue weighted by molar-refractivity contribution is 0.211. The number of ether oxygens (including phenoxy) is 1. The summed E-state index contributed by atoms with van der Waals surface area (Å²) in [4.78, 5) is 4.90. The van der Waals surface area contributed by atoms with Crippen LogP contribution in [0.15, 0.2) is 48.5 Å². The van der Waals surface area contributed by atoms with Crippen molar-refractivity contribution in [1.82, 2.24) is 9.55 Å². The van der Waals surface area contributed by atoms with Crippen molar-refractivity contribution in [2.24, 2.45) is 0 Å². The average molecular weight is 441 g/mol. The molecule has 4 heteroatoms. The van der Waals surface area contributed by atoms with Crippen LogP contribution in [0.1, 0.15) is 90.0 Å². The van der Waals surface area contributed by atoms with Crippen LogP contribution in [0.3, 0.4) is 0 Å². The lowest BCUT2D eigenvalue weighted by Crippen LogP contribution is -2.12. The summed E-state index contributed by atoms with van der Waals surface area (Å²) in [6, 6.07) is 15.9. The Morgan fingerprint density at radius 1 is 0.839 bits per heavy atom. The van der Waals surface area contributed by atoms with E-state index in [1.165, 1.54) is 69.7 Å². The number of halogens is 1. The van der Waals surface area contributed by atoms with Gasteiger partial charge in [-0.15, -0.1) is 0 Å². The van der Waals surface area contributed by atoms with Gasteiger partial charge in [0.1, 0.15) is 5.75 Å². The van der Waals surface area contributed by atoms with Crippen molar-refractivity contribution < 1.29 is 4.74 Å². The molecule has 0 fully saturated rings. The van der Waals surface area contributed by atoms with Gasteiger partial charge in [0.2, 0.25) is 0 Å². The molecule has 0 saturated carbocycles. The number of fused-ring (bicyclic) bond motifs is 1. The number of para-hydroxylation sites is 2. The molecule has 0 aliphatic rings. The van der Waals surface area contributed by atoms with E-state index >= 15 is 0 Å². The zero-order valence-electron chi connectivity index (χ0n) is 19.2. The molecular formula is C27H37ClN2O. The van der Waals surface area contributed by atoms with Crippen molar-refractivity contribution in [3.63, 3.8) is 0 Å². The number of benzene rings is 2. The van der Waals surface area contributed by atoms with Gasteiger partial charge in [-0.1, -0.05) is 88.4 Å². The fourth-order valence-corrected chi connectivity index (χ4v) is 4.29. The van der Waals surface area contributed by atoms with Gasteiger partial charge in [0.05, 0.1) is 11.0 Å². The Morgan fingerprint density at radius 2 is 1.45 bits per heavy atom. The van der Waals surface area contributed by atoms with Gasteiger partial charge >= 0.3 is 0 Å². The Balaban J connectivity index is 1.53. The molecule has 0 aliphatic carbocycles. The number of nitrogens with zero attached hydrogens (tertiary/aromatic N) is 2. The molecule has 31 heavy (non-hydrogen) atoms. The van der Waals surface area contributed by atoms with Gasteiger partial charge in [0.25, 0.3) is 0 Å². The number of rotatable bonds is 14. The van der Waals surface area contributed by atoms with E-state index in [4.69, 9.17) is 21.3 Å². The van der Waals surface area contributed by atoms with Crippen molar-refractivity contribution >= 4 is 22.6 Å².